The Morgan fingerprint density at radius 2 is 1.73 bits per heavy atom. The first-order chi connectivity index (χ1) is 10.7. The van der Waals surface area contributed by atoms with Crippen LogP contribution in [0.4, 0.5) is 10.8 Å². The SMILES string of the molecule is Cc1ccccc1NC(=S)Nc1nc(-c2ccccc2)cs1. The lowest BCUT2D eigenvalue weighted by Gasteiger charge is -2.10. The highest BCUT2D eigenvalue weighted by atomic mass is 32.1. The van der Waals surface area contributed by atoms with Crippen molar-refractivity contribution in [3.63, 3.8) is 0 Å². The molecule has 110 valence electrons. The van der Waals surface area contributed by atoms with Crippen molar-refractivity contribution >= 4 is 39.5 Å². The van der Waals surface area contributed by atoms with Crippen LogP contribution in [0.5, 0.6) is 0 Å². The monoisotopic (exact) mass is 325 g/mol. The van der Waals surface area contributed by atoms with E-state index in [9.17, 15) is 0 Å². The summed E-state index contributed by atoms with van der Waals surface area (Å²) in [7, 11) is 0. The van der Waals surface area contributed by atoms with Gasteiger partial charge < -0.3 is 10.6 Å². The molecule has 0 spiro atoms. The molecule has 3 nitrogen and oxygen atoms in total. The lowest BCUT2D eigenvalue weighted by molar-refractivity contribution is 1.39. The molecule has 2 N–H and O–H groups in total. The largest absolute Gasteiger partial charge is 0.332 e. The van der Waals surface area contributed by atoms with Gasteiger partial charge in [-0.3, -0.25) is 0 Å². The summed E-state index contributed by atoms with van der Waals surface area (Å²) >= 11 is 6.89. The number of nitrogens with one attached hydrogen (secondary N) is 2. The number of aromatic nitrogens is 1. The van der Waals surface area contributed by atoms with E-state index in [-0.39, 0.29) is 0 Å². The second-order valence-electron chi connectivity index (χ2n) is 4.80. The van der Waals surface area contributed by atoms with Crippen molar-refractivity contribution in [3.05, 3.63) is 65.5 Å². The molecule has 3 rings (SSSR count). The molecule has 0 saturated carbocycles. The third kappa shape index (κ3) is 3.50. The van der Waals surface area contributed by atoms with Crippen LogP contribution in [0.2, 0.25) is 0 Å². The maximum atomic E-state index is 5.35. The molecule has 0 atom stereocenters. The summed E-state index contributed by atoms with van der Waals surface area (Å²) in [5.41, 5.74) is 4.20. The maximum absolute atomic E-state index is 5.35. The Morgan fingerprint density at radius 3 is 2.50 bits per heavy atom. The van der Waals surface area contributed by atoms with Gasteiger partial charge in [0.1, 0.15) is 0 Å². The fraction of sp³-hybridized carbons (Fsp3) is 0.0588. The number of hydrogen-bond acceptors (Lipinski definition) is 3. The Kier molecular flexibility index (Phi) is 4.46. The Bertz CT molecular complexity index is 781. The van der Waals surface area contributed by atoms with E-state index >= 15 is 0 Å². The molecule has 0 bridgehead atoms. The van der Waals surface area contributed by atoms with Crippen LogP contribution in [0.15, 0.2) is 60.0 Å². The van der Waals surface area contributed by atoms with Gasteiger partial charge in [-0.15, -0.1) is 11.3 Å². The first kappa shape index (κ1) is 14.7. The van der Waals surface area contributed by atoms with Gasteiger partial charge in [0, 0.05) is 16.6 Å². The number of benzene rings is 2. The zero-order valence-electron chi connectivity index (χ0n) is 12.0. The van der Waals surface area contributed by atoms with E-state index in [1.807, 2.05) is 66.9 Å². The lowest BCUT2D eigenvalue weighted by Crippen LogP contribution is -2.19. The Hall–Kier alpha value is -2.24. The Labute approximate surface area is 139 Å². The molecule has 0 radical (unpaired) electrons. The summed E-state index contributed by atoms with van der Waals surface area (Å²) in [5.74, 6) is 0. The Balaban J connectivity index is 1.68. The molecule has 0 aliphatic rings. The van der Waals surface area contributed by atoms with Gasteiger partial charge in [0.05, 0.1) is 5.69 Å². The van der Waals surface area contributed by atoms with Crippen LogP contribution in [0, 0.1) is 6.92 Å². The van der Waals surface area contributed by atoms with Gasteiger partial charge in [-0.1, -0.05) is 48.5 Å². The molecule has 0 aliphatic carbocycles. The zero-order chi connectivity index (χ0) is 15.4. The first-order valence-corrected chi connectivity index (χ1v) is 8.16. The lowest BCUT2D eigenvalue weighted by atomic mass is 10.2. The first-order valence-electron chi connectivity index (χ1n) is 6.87. The Morgan fingerprint density at radius 1 is 1.00 bits per heavy atom. The van der Waals surface area contributed by atoms with Crippen LogP contribution < -0.4 is 10.6 Å². The van der Waals surface area contributed by atoms with Gasteiger partial charge in [0.25, 0.3) is 0 Å². The van der Waals surface area contributed by atoms with E-state index in [0.717, 1.165) is 27.6 Å². The van der Waals surface area contributed by atoms with E-state index in [0.29, 0.717) is 5.11 Å². The minimum atomic E-state index is 0.545. The normalized spacial score (nSPS) is 10.2. The fourth-order valence-corrected chi connectivity index (χ4v) is 3.03. The van der Waals surface area contributed by atoms with Crippen LogP contribution >= 0.6 is 23.6 Å². The third-order valence-corrected chi connectivity index (χ3v) is 4.15. The molecule has 2 aromatic carbocycles. The standard InChI is InChI=1S/C17H15N3S2/c1-12-7-5-6-10-14(12)18-16(21)20-17-19-15(11-22-17)13-8-3-2-4-9-13/h2-11H,1H3,(H2,18,19,20,21). The molecule has 3 aromatic rings. The number of rotatable bonds is 3. The van der Waals surface area contributed by atoms with Crippen LogP contribution in [0.25, 0.3) is 11.3 Å². The predicted octanol–water partition coefficient (Wildman–Crippen LogP) is 4.93. The maximum Gasteiger partial charge on any atom is 0.189 e. The van der Waals surface area contributed by atoms with E-state index in [2.05, 4.69) is 15.6 Å². The van der Waals surface area contributed by atoms with Crippen molar-refractivity contribution in [3.8, 4) is 11.3 Å². The van der Waals surface area contributed by atoms with Crippen molar-refractivity contribution in [2.24, 2.45) is 0 Å². The third-order valence-electron chi connectivity index (χ3n) is 3.19. The van der Waals surface area contributed by atoms with Gasteiger partial charge in [0.2, 0.25) is 0 Å². The average Bonchev–Trinajstić information content (AvgIpc) is 2.99. The molecule has 1 heterocycles. The number of nitrogens with zero attached hydrogens (tertiary/aromatic N) is 1. The number of thiocarbonyl (C=S) groups is 1. The summed E-state index contributed by atoms with van der Waals surface area (Å²) in [6, 6.07) is 18.1. The molecule has 0 saturated heterocycles. The summed E-state index contributed by atoms with van der Waals surface area (Å²) < 4.78 is 0. The molecule has 0 aliphatic heterocycles. The van der Waals surface area contributed by atoms with E-state index in [4.69, 9.17) is 12.2 Å². The fourth-order valence-electron chi connectivity index (χ4n) is 2.04. The highest BCUT2D eigenvalue weighted by Gasteiger charge is 2.06. The van der Waals surface area contributed by atoms with Gasteiger partial charge >= 0.3 is 0 Å². The summed E-state index contributed by atoms with van der Waals surface area (Å²) in [5, 5.41) is 9.68. The second kappa shape index (κ2) is 6.68. The van der Waals surface area contributed by atoms with E-state index in [1.165, 1.54) is 11.3 Å². The van der Waals surface area contributed by atoms with Gasteiger partial charge in [-0.05, 0) is 30.8 Å². The molecule has 0 amide bonds. The molecular weight excluding hydrogens is 310 g/mol. The highest BCUT2D eigenvalue weighted by Crippen LogP contribution is 2.24. The number of anilines is 2. The molecular formula is C17H15N3S2. The van der Waals surface area contributed by atoms with Crippen molar-refractivity contribution in [2.45, 2.75) is 6.92 Å². The van der Waals surface area contributed by atoms with Gasteiger partial charge in [-0.2, -0.15) is 0 Å². The van der Waals surface area contributed by atoms with Crippen LogP contribution in [0.1, 0.15) is 5.56 Å². The van der Waals surface area contributed by atoms with Crippen molar-refractivity contribution < 1.29 is 0 Å². The average molecular weight is 325 g/mol. The van der Waals surface area contributed by atoms with E-state index in [1.54, 1.807) is 0 Å². The number of hydrogen-bond donors (Lipinski definition) is 2. The molecule has 22 heavy (non-hydrogen) atoms. The van der Waals surface area contributed by atoms with Crippen LogP contribution in [-0.2, 0) is 0 Å². The van der Waals surface area contributed by atoms with Gasteiger partial charge in [-0.25, -0.2) is 4.98 Å². The van der Waals surface area contributed by atoms with Crippen molar-refractivity contribution in [1.29, 1.82) is 0 Å². The van der Waals surface area contributed by atoms with Crippen LogP contribution in [-0.4, -0.2) is 10.1 Å². The summed E-state index contributed by atoms with van der Waals surface area (Å²) in [4.78, 5) is 4.56. The van der Waals surface area contributed by atoms with Crippen LogP contribution in [0.3, 0.4) is 0 Å². The molecule has 0 unspecified atom stereocenters. The van der Waals surface area contributed by atoms with Crippen molar-refractivity contribution in [2.75, 3.05) is 10.6 Å². The zero-order valence-corrected chi connectivity index (χ0v) is 13.7. The minimum absolute atomic E-state index is 0.545. The smallest absolute Gasteiger partial charge is 0.189 e. The predicted molar refractivity (Wildman–Crippen MR) is 98.6 cm³/mol. The summed E-state index contributed by atoms with van der Waals surface area (Å²) in [6.07, 6.45) is 0. The minimum Gasteiger partial charge on any atom is -0.332 e. The van der Waals surface area contributed by atoms with E-state index < -0.39 is 0 Å². The number of para-hydroxylation sites is 1. The topological polar surface area (TPSA) is 37.0 Å². The second-order valence-corrected chi connectivity index (χ2v) is 6.06. The van der Waals surface area contributed by atoms with Gasteiger partial charge in [0.15, 0.2) is 10.2 Å². The van der Waals surface area contributed by atoms with Crippen molar-refractivity contribution in [1.82, 2.24) is 4.98 Å². The molecule has 0 fully saturated rings. The quantitative estimate of drug-likeness (QED) is 0.670. The highest BCUT2D eigenvalue weighted by molar-refractivity contribution is 7.80. The molecule has 5 heteroatoms. The summed E-state index contributed by atoms with van der Waals surface area (Å²) in [6.45, 7) is 2.04. The molecule has 1 aromatic heterocycles. The number of aryl methyl sites for hydroxylation is 1. The number of thiazole rings is 1.